The molecule has 33 heavy (non-hydrogen) atoms. The largest absolute Gasteiger partial charge is 0.493 e. The van der Waals surface area contributed by atoms with E-state index in [2.05, 4.69) is 36.2 Å². The molecule has 0 aromatic heterocycles. The first kappa shape index (κ1) is 25.1. The predicted octanol–water partition coefficient (Wildman–Crippen LogP) is 2.46. The standard InChI is InChI=1S/C24H36N2O7/c1-14(2)7-16-12-26-6-5-15-9-21(31-3)22(32-4)10-18(15)19(26)8-17(16)13-33-24(30)25-11-20(27)23(28)29/h9-10,14,16-17,19-20,27H,5-8,11-13H2,1-4H3,(H,25,30)(H,28,29)/t16-,17+,19-,20?/m1/s1. The Morgan fingerprint density at radius 1 is 1.18 bits per heavy atom. The quantitative estimate of drug-likeness (QED) is 0.510. The lowest BCUT2D eigenvalue weighted by atomic mass is 9.74. The number of nitrogens with zero attached hydrogens (tertiary/aromatic N) is 1. The fraction of sp³-hybridized carbons (Fsp3) is 0.667. The van der Waals surface area contributed by atoms with Gasteiger partial charge in [-0.15, -0.1) is 0 Å². The van der Waals surface area contributed by atoms with E-state index in [1.807, 2.05) is 0 Å². The highest BCUT2D eigenvalue weighted by molar-refractivity contribution is 5.74. The van der Waals surface area contributed by atoms with E-state index in [-0.39, 0.29) is 25.1 Å². The molecule has 4 atom stereocenters. The van der Waals surface area contributed by atoms with Crippen LogP contribution in [0.15, 0.2) is 12.1 Å². The van der Waals surface area contributed by atoms with Gasteiger partial charge in [0.05, 0.1) is 27.4 Å². The Kier molecular flexibility index (Phi) is 8.42. The summed E-state index contributed by atoms with van der Waals surface area (Å²) in [7, 11) is 3.28. The lowest BCUT2D eigenvalue weighted by Crippen LogP contribution is -2.47. The highest BCUT2D eigenvalue weighted by Gasteiger charge is 2.40. The highest BCUT2D eigenvalue weighted by Crippen LogP contribution is 2.45. The minimum absolute atomic E-state index is 0.169. The summed E-state index contributed by atoms with van der Waals surface area (Å²) in [6.07, 6.45) is 0.479. The Morgan fingerprint density at radius 3 is 2.52 bits per heavy atom. The fourth-order valence-corrected chi connectivity index (χ4v) is 5.08. The van der Waals surface area contributed by atoms with Gasteiger partial charge in [0, 0.05) is 19.1 Å². The van der Waals surface area contributed by atoms with E-state index in [0.29, 0.717) is 17.6 Å². The van der Waals surface area contributed by atoms with Crippen molar-refractivity contribution in [1.82, 2.24) is 10.2 Å². The predicted molar refractivity (Wildman–Crippen MR) is 122 cm³/mol. The maximum atomic E-state index is 12.1. The normalized spacial score (nSPS) is 23.3. The van der Waals surface area contributed by atoms with E-state index in [9.17, 15) is 14.7 Å². The highest BCUT2D eigenvalue weighted by atomic mass is 16.5. The first-order valence-electron chi connectivity index (χ1n) is 11.5. The number of benzene rings is 1. The minimum atomic E-state index is -1.65. The molecule has 0 saturated carbocycles. The molecule has 1 fully saturated rings. The number of nitrogens with one attached hydrogen (secondary N) is 1. The second kappa shape index (κ2) is 11.1. The van der Waals surface area contributed by atoms with E-state index in [1.165, 1.54) is 11.1 Å². The first-order valence-corrected chi connectivity index (χ1v) is 11.5. The number of hydrogen-bond acceptors (Lipinski definition) is 7. The van der Waals surface area contributed by atoms with Crippen molar-refractivity contribution in [3.05, 3.63) is 23.3 Å². The van der Waals surface area contributed by atoms with Crippen molar-refractivity contribution in [2.75, 3.05) is 40.5 Å². The number of amides is 1. The molecule has 2 aliphatic heterocycles. The van der Waals surface area contributed by atoms with Crippen molar-refractivity contribution in [2.24, 2.45) is 17.8 Å². The number of fused-ring (bicyclic) bond motifs is 3. The topological polar surface area (TPSA) is 118 Å². The first-order chi connectivity index (χ1) is 15.7. The summed E-state index contributed by atoms with van der Waals surface area (Å²) in [4.78, 5) is 25.3. The monoisotopic (exact) mass is 464 g/mol. The van der Waals surface area contributed by atoms with E-state index < -0.39 is 18.2 Å². The number of piperidine rings is 1. The van der Waals surface area contributed by atoms with Gasteiger partial charge in [-0.3, -0.25) is 4.90 Å². The third-order valence-electron chi connectivity index (χ3n) is 6.70. The van der Waals surface area contributed by atoms with Crippen LogP contribution in [-0.4, -0.2) is 73.7 Å². The lowest BCUT2D eigenvalue weighted by molar-refractivity contribution is -0.146. The van der Waals surface area contributed by atoms with Crippen molar-refractivity contribution in [1.29, 1.82) is 0 Å². The molecule has 184 valence electrons. The van der Waals surface area contributed by atoms with Crippen LogP contribution in [0.4, 0.5) is 4.79 Å². The molecule has 1 aromatic rings. The van der Waals surface area contributed by atoms with Gasteiger partial charge in [0.1, 0.15) is 0 Å². The SMILES string of the molecule is COc1cc2c(cc1OC)[C@H]1C[C@@H](COC(=O)NCC(O)C(=O)O)[C@H](CC(C)C)CN1CC2. The summed E-state index contributed by atoms with van der Waals surface area (Å²) in [6.45, 7) is 6.17. The van der Waals surface area contributed by atoms with E-state index in [1.54, 1.807) is 14.2 Å². The number of alkyl carbamates (subject to hydrolysis) is 1. The second-order valence-electron chi connectivity index (χ2n) is 9.39. The Morgan fingerprint density at radius 2 is 1.88 bits per heavy atom. The van der Waals surface area contributed by atoms with Crippen LogP contribution < -0.4 is 14.8 Å². The van der Waals surface area contributed by atoms with E-state index in [0.717, 1.165) is 38.1 Å². The summed E-state index contributed by atoms with van der Waals surface area (Å²) in [5.74, 6) is 1.14. The van der Waals surface area contributed by atoms with Crippen LogP contribution in [0.3, 0.4) is 0 Å². The number of aliphatic hydroxyl groups excluding tert-OH is 1. The van der Waals surface area contributed by atoms with Crippen LogP contribution in [0.2, 0.25) is 0 Å². The summed E-state index contributed by atoms with van der Waals surface area (Å²) in [5.41, 5.74) is 2.50. The van der Waals surface area contributed by atoms with Crippen LogP contribution in [-0.2, 0) is 16.0 Å². The molecular weight excluding hydrogens is 428 g/mol. The molecule has 3 rings (SSSR count). The van der Waals surface area contributed by atoms with Gasteiger partial charge in [-0.1, -0.05) is 13.8 Å². The molecule has 1 aromatic carbocycles. The molecule has 0 spiro atoms. The Hall–Kier alpha value is -2.52. The maximum Gasteiger partial charge on any atom is 0.407 e. The Labute approximate surface area is 195 Å². The van der Waals surface area contributed by atoms with Crippen molar-refractivity contribution < 1.29 is 34.0 Å². The average Bonchev–Trinajstić information content (AvgIpc) is 2.79. The second-order valence-corrected chi connectivity index (χ2v) is 9.39. The van der Waals surface area contributed by atoms with Crippen LogP contribution in [0.5, 0.6) is 11.5 Å². The Bertz CT molecular complexity index is 844. The van der Waals surface area contributed by atoms with E-state index >= 15 is 0 Å². The molecule has 0 bridgehead atoms. The molecule has 3 N–H and O–H groups in total. The number of ether oxygens (including phenoxy) is 3. The average molecular weight is 465 g/mol. The lowest BCUT2D eigenvalue weighted by Gasteiger charge is -2.47. The number of methoxy groups -OCH3 is 2. The molecule has 0 radical (unpaired) electrons. The van der Waals surface area contributed by atoms with Gasteiger partial charge in [0.15, 0.2) is 17.6 Å². The van der Waals surface area contributed by atoms with Crippen molar-refractivity contribution in [2.45, 2.75) is 45.3 Å². The molecule has 2 aliphatic rings. The van der Waals surface area contributed by atoms with Gasteiger partial charge in [-0.25, -0.2) is 9.59 Å². The van der Waals surface area contributed by atoms with Crippen LogP contribution in [0, 0.1) is 17.8 Å². The smallest absolute Gasteiger partial charge is 0.407 e. The van der Waals surface area contributed by atoms with Crippen molar-refractivity contribution in [3.8, 4) is 11.5 Å². The summed E-state index contributed by atoms with van der Waals surface area (Å²) < 4.78 is 16.5. The van der Waals surface area contributed by atoms with Gasteiger partial charge in [-0.2, -0.15) is 0 Å². The Balaban J connectivity index is 1.73. The van der Waals surface area contributed by atoms with Crippen LogP contribution in [0.25, 0.3) is 0 Å². The molecule has 9 nitrogen and oxygen atoms in total. The zero-order valence-corrected chi connectivity index (χ0v) is 19.9. The summed E-state index contributed by atoms with van der Waals surface area (Å²) >= 11 is 0. The molecule has 1 amide bonds. The molecule has 1 unspecified atom stereocenters. The number of carbonyl (C=O) groups is 2. The minimum Gasteiger partial charge on any atom is -0.493 e. The van der Waals surface area contributed by atoms with Gasteiger partial charge >= 0.3 is 12.1 Å². The summed E-state index contributed by atoms with van der Waals surface area (Å²) in [6, 6.07) is 4.35. The molecule has 1 saturated heterocycles. The molecule has 9 heteroatoms. The third-order valence-corrected chi connectivity index (χ3v) is 6.70. The molecule has 2 heterocycles. The third kappa shape index (κ3) is 6.09. The molecule has 0 aliphatic carbocycles. The number of hydrogen-bond donors (Lipinski definition) is 3. The van der Waals surface area contributed by atoms with Crippen molar-refractivity contribution in [3.63, 3.8) is 0 Å². The number of carbonyl (C=O) groups excluding carboxylic acids is 1. The maximum absolute atomic E-state index is 12.1. The van der Waals surface area contributed by atoms with Crippen LogP contribution >= 0.6 is 0 Å². The number of rotatable bonds is 9. The zero-order valence-electron chi connectivity index (χ0n) is 19.9. The van der Waals surface area contributed by atoms with Crippen molar-refractivity contribution >= 4 is 12.1 Å². The number of carboxylic acids is 1. The van der Waals surface area contributed by atoms with Crippen LogP contribution in [0.1, 0.15) is 43.9 Å². The van der Waals surface area contributed by atoms with Gasteiger partial charge in [-0.05, 0) is 60.3 Å². The van der Waals surface area contributed by atoms with E-state index in [4.69, 9.17) is 19.3 Å². The summed E-state index contributed by atoms with van der Waals surface area (Å²) in [5, 5.41) is 20.4. The van der Waals surface area contributed by atoms with Gasteiger partial charge in [0.25, 0.3) is 0 Å². The number of carboxylic acid groups (broad SMARTS) is 1. The molecular formula is C24H36N2O7. The fourth-order valence-electron chi connectivity index (χ4n) is 5.08. The number of aliphatic carboxylic acids is 1. The zero-order chi connectivity index (χ0) is 24.1. The van der Waals surface area contributed by atoms with Gasteiger partial charge < -0.3 is 29.7 Å². The van der Waals surface area contributed by atoms with Gasteiger partial charge in [0.2, 0.25) is 0 Å². The number of aliphatic hydroxyl groups is 1.